The number of hydrogen-bond acceptors (Lipinski definition) is 3. The van der Waals surface area contributed by atoms with Crippen LogP contribution in [0.25, 0.3) is 10.9 Å². The number of nitrogens with zero attached hydrogens (tertiary/aromatic N) is 1. The summed E-state index contributed by atoms with van der Waals surface area (Å²) in [6.45, 7) is 0.145. The van der Waals surface area contributed by atoms with Gasteiger partial charge in [-0.25, -0.2) is 0 Å². The van der Waals surface area contributed by atoms with Gasteiger partial charge in [0.2, 0.25) is 0 Å². The molecule has 1 aromatic heterocycles. The molecule has 2 atom stereocenters. The van der Waals surface area contributed by atoms with Crippen molar-refractivity contribution in [3.63, 3.8) is 0 Å². The van der Waals surface area contributed by atoms with Gasteiger partial charge < -0.3 is 10.4 Å². The molecule has 0 spiro atoms. The summed E-state index contributed by atoms with van der Waals surface area (Å²) < 4.78 is 0. The van der Waals surface area contributed by atoms with E-state index in [9.17, 15) is 9.90 Å². The van der Waals surface area contributed by atoms with Gasteiger partial charge in [-0.1, -0.05) is 12.8 Å². The Kier molecular flexibility index (Phi) is 3.69. The van der Waals surface area contributed by atoms with Crippen LogP contribution in [0.1, 0.15) is 36.0 Å². The Labute approximate surface area is 117 Å². The Morgan fingerprint density at radius 1 is 1.40 bits per heavy atom. The predicted molar refractivity (Wildman–Crippen MR) is 76.4 cm³/mol. The van der Waals surface area contributed by atoms with Crippen molar-refractivity contribution in [1.29, 1.82) is 0 Å². The van der Waals surface area contributed by atoms with Crippen LogP contribution in [0, 0.1) is 5.92 Å². The highest BCUT2D eigenvalue weighted by Crippen LogP contribution is 2.24. The van der Waals surface area contributed by atoms with Crippen LogP contribution in [0.15, 0.2) is 24.4 Å². The summed E-state index contributed by atoms with van der Waals surface area (Å²) in [5.41, 5.74) is 1.56. The third-order valence-corrected chi connectivity index (χ3v) is 4.16. The third-order valence-electron chi connectivity index (χ3n) is 4.16. The number of rotatable bonds is 3. The molecular formula is C15H19N3O2. The van der Waals surface area contributed by atoms with Gasteiger partial charge in [0.25, 0.3) is 5.91 Å². The molecule has 2 unspecified atom stereocenters. The van der Waals surface area contributed by atoms with Crippen LogP contribution in [0.3, 0.4) is 0 Å². The van der Waals surface area contributed by atoms with Crippen LogP contribution in [0.2, 0.25) is 0 Å². The first kappa shape index (κ1) is 13.1. The lowest BCUT2D eigenvalue weighted by Gasteiger charge is -2.30. The standard InChI is InChI=1S/C15H19N3O2/c19-9-11-3-1-2-4-13(11)17-15(20)10-5-6-14-12(7-10)8-16-18-14/h5-8,11,13,19H,1-4,9H2,(H,16,18)(H,17,20). The lowest BCUT2D eigenvalue weighted by atomic mass is 9.85. The largest absolute Gasteiger partial charge is 0.396 e. The van der Waals surface area contributed by atoms with Crippen molar-refractivity contribution in [2.24, 2.45) is 5.92 Å². The summed E-state index contributed by atoms with van der Waals surface area (Å²) in [6.07, 6.45) is 5.90. The predicted octanol–water partition coefficient (Wildman–Crippen LogP) is 1.84. The summed E-state index contributed by atoms with van der Waals surface area (Å²) in [7, 11) is 0. The SMILES string of the molecule is O=C(NC1CCCCC1CO)c1ccc2[nH]ncc2c1. The fourth-order valence-corrected chi connectivity index (χ4v) is 2.95. The zero-order valence-electron chi connectivity index (χ0n) is 11.3. The fourth-order valence-electron chi connectivity index (χ4n) is 2.95. The molecule has 0 bridgehead atoms. The van der Waals surface area contributed by atoms with E-state index in [0.717, 1.165) is 36.6 Å². The molecule has 1 fully saturated rings. The second-order valence-corrected chi connectivity index (χ2v) is 5.48. The number of nitrogens with one attached hydrogen (secondary N) is 2. The zero-order valence-corrected chi connectivity index (χ0v) is 11.3. The van der Waals surface area contributed by atoms with Crippen molar-refractivity contribution in [2.45, 2.75) is 31.7 Å². The summed E-state index contributed by atoms with van der Waals surface area (Å²) in [6, 6.07) is 5.58. The van der Waals surface area contributed by atoms with E-state index in [1.807, 2.05) is 12.1 Å². The maximum atomic E-state index is 12.3. The molecule has 1 saturated carbocycles. The van der Waals surface area contributed by atoms with E-state index in [1.54, 1.807) is 12.3 Å². The van der Waals surface area contributed by atoms with E-state index < -0.39 is 0 Å². The Morgan fingerprint density at radius 2 is 2.25 bits per heavy atom. The van der Waals surface area contributed by atoms with Crippen LogP contribution >= 0.6 is 0 Å². The number of benzene rings is 1. The molecule has 106 valence electrons. The molecule has 2 aromatic rings. The Balaban J connectivity index is 1.74. The van der Waals surface area contributed by atoms with Crippen LogP contribution < -0.4 is 5.32 Å². The molecule has 1 heterocycles. The first-order valence-electron chi connectivity index (χ1n) is 7.13. The number of carbonyl (C=O) groups excluding carboxylic acids is 1. The molecule has 3 rings (SSSR count). The van der Waals surface area contributed by atoms with Crippen molar-refractivity contribution < 1.29 is 9.90 Å². The van der Waals surface area contributed by atoms with Crippen molar-refractivity contribution in [3.05, 3.63) is 30.0 Å². The molecule has 1 aliphatic carbocycles. The van der Waals surface area contributed by atoms with Gasteiger partial charge in [-0.3, -0.25) is 9.89 Å². The van der Waals surface area contributed by atoms with Crippen LogP contribution in [0.4, 0.5) is 0 Å². The zero-order chi connectivity index (χ0) is 13.9. The summed E-state index contributed by atoms with van der Waals surface area (Å²) in [5, 5.41) is 20.2. The molecule has 1 amide bonds. The highest BCUT2D eigenvalue weighted by molar-refractivity contribution is 5.98. The number of aliphatic hydroxyl groups is 1. The number of aliphatic hydroxyl groups excluding tert-OH is 1. The molecule has 5 nitrogen and oxygen atoms in total. The lowest BCUT2D eigenvalue weighted by Crippen LogP contribution is -2.43. The lowest BCUT2D eigenvalue weighted by molar-refractivity contribution is 0.0873. The summed E-state index contributed by atoms with van der Waals surface area (Å²) in [4.78, 5) is 12.3. The highest BCUT2D eigenvalue weighted by atomic mass is 16.3. The Morgan fingerprint density at radius 3 is 3.10 bits per heavy atom. The van der Waals surface area contributed by atoms with E-state index in [0.29, 0.717) is 5.56 Å². The molecule has 1 aliphatic rings. The van der Waals surface area contributed by atoms with Crippen LogP contribution in [-0.4, -0.2) is 33.9 Å². The molecular weight excluding hydrogens is 254 g/mol. The van der Waals surface area contributed by atoms with E-state index in [1.165, 1.54) is 0 Å². The van der Waals surface area contributed by atoms with Gasteiger partial charge in [0.05, 0.1) is 11.7 Å². The van der Waals surface area contributed by atoms with Gasteiger partial charge in [-0.05, 0) is 31.0 Å². The summed E-state index contributed by atoms with van der Waals surface area (Å²) >= 11 is 0. The van der Waals surface area contributed by atoms with E-state index >= 15 is 0 Å². The molecule has 20 heavy (non-hydrogen) atoms. The maximum absolute atomic E-state index is 12.3. The number of amides is 1. The minimum atomic E-state index is -0.0709. The quantitative estimate of drug-likeness (QED) is 0.798. The van der Waals surface area contributed by atoms with Crippen LogP contribution in [0.5, 0.6) is 0 Å². The second kappa shape index (κ2) is 5.63. The van der Waals surface area contributed by atoms with Gasteiger partial charge in [0.15, 0.2) is 0 Å². The second-order valence-electron chi connectivity index (χ2n) is 5.48. The third kappa shape index (κ3) is 2.54. The Bertz CT molecular complexity index is 608. The first-order chi connectivity index (χ1) is 9.78. The first-order valence-corrected chi connectivity index (χ1v) is 7.13. The molecule has 3 N–H and O–H groups in total. The Hall–Kier alpha value is -1.88. The normalized spacial score (nSPS) is 22.9. The smallest absolute Gasteiger partial charge is 0.251 e. The number of H-pyrrole nitrogens is 1. The number of aromatic nitrogens is 2. The van der Waals surface area contributed by atoms with E-state index in [2.05, 4.69) is 15.5 Å². The van der Waals surface area contributed by atoms with E-state index in [4.69, 9.17) is 0 Å². The van der Waals surface area contributed by atoms with Crippen molar-refractivity contribution in [3.8, 4) is 0 Å². The fraction of sp³-hybridized carbons (Fsp3) is 0.467. The van der Waals surface area contributed by atoms with Crippen LogP contribution in [-0.2, 0) is 0 Å². The average molecular weight is 273 g/mol. The monoisotopic (exact) mass is 273 g/mol. The molecule has 1 aromatic carbocycles. The number of carbonyl (C=O) groups is 1. The topological polar surface area (TPSA) is 78.0 Å². The van der Waals surface area contributed by atoms with Gasteiger partial charge >= 0.3 is 0 Å². The molecule has 0 saturated heterocycles. The van der Waals surface area contributed by atoms with Crippen molar-refractivity contribution in [1.82, 2.24) is 15.5 Å². The molecule has 0 radical (unpaired) electrons. The average Bonchev–Trinajstić information content (AvgIpc) is 2.95. The minimum absolute atomic E-state index is 0.0709. The minimum Gasteiger partial charge on any atom is -0.396 e. The van der Waals surface area contributed by atoms with Crippen molar-refractivity contribution >= 4 is 16.8 Å². The van der Waals surface area contributed by atoms with Crippen molar-refractivity contribution in [2.75, 3.05) is 6.61 Å². The summed E-state index contributed by atoms with van der Waals surface area (Å²) in [5.74, 6) is 0.115. The van der Waals surface area contributed by atoms with Gasteiger partial charge in [0.1, 0.15) is 0 Å². The van der Waals surface area contributed by atoms with Gasteiger partial charge in [0, 0.05) is 29.5 Å². The highest BCUT2D eigenvalue weighted by Gasteiger charge is 2.26. The van der Waals surface area contributed by atoms with Gasteiger partial charge in [-0.15, -0.1) is 0 Å². The van der Waals surface area contributed by atoms with Gasteiger partial charge in [-0.2, -0.15) is 5.10 Å². The number of fused-ring (bicyclic) bond motifs is 1. The maximum Gasteiger partial charge on any atom is 0.251 e. The molecule has 5 heteroatoms. The number of hydrogen-bond donors (Lipinski definition) is 3. The number of aromatic amines is 1. The van der Waals surface area contributed by atoms with E-state index in [-0.39, 0.29) is 24.5 Å². The molecule has 0 aliphatic heterocycles.